The first kappa shape index (κ1) is 12.1. The van der Waals surface area contributed by atoms with Crippen LogP contribution in [0.5, 0.6) is 0 Å². The van der Waals surface area contributed by atoms with E-state index in [-0.39, 0.29) is 6.10 Å². The van der Waals surface area contributed by atoms with Crippen LogP contribution < -0.4 is 5.32 Å². The number of para-hydroxylation sites is 1. The Bertz CT molecular complexity index is 462. The number of fused-ring (bicyclic) bond motifs is 1. The van der Waals surface area contributed by atoms with Crippen LogP contribution in [-0.2, 0) is 6.54 Å². The Labute approximate surface area is 101 Å². The summed E-state index contributed by atoms with van der Waals surface area (Å²) in [6, 6.07) is 8.05. The minimum atomic E-state index is -0.202. The molecule has 3 nitrogen and oxygen atoms in total. The van der Waals surface area contributed by atoms with E-state index in [1.54, 1.807) is 0 Å². The molecule has 2 N–H and O–H groups in total. The predicted molar refractivity (Wildman–Crippen MR) is 68.8 cm³/mol. The number of furan rings is 1. The van der Waals surface area contributed by atoms with Crippen molar-refractivity contribution in [1.82, 2.24) is 5.32 Å². The monoisotopic (exact) mass is 233 g/mol. The second kappa shape index (κ2) is 5.84. The molecule has 2 rings (SSSR count). The average molecular weight is 233 g/mol. The molecule has 0 saturated heterocycles. The number of aliphatic hydroxyl groups is 1. The highest BCUT2D eigenvalue weighted by atomic mass is 16.3. The van der Waals surface area contributed by atoms with Crippen LogP contribution >= 0.6 is 0 Å². The number of benzene rings is 1. The summed E-state index contributed by atoms with van der Waals surface area (Å²) in [4.78, 5) is 0. The lowest BCUT2D eigenvalue weighted by molar-refractivity contribution is 0.181. The zero-order valence-corrected chi connectivity index (χ0v) is 10.1. The van der Waals surface area contributed by atoms with E-state index in [1.807, 2.05) is 31.4 Å². The van der Waals surface area contributed by atoms with Gasteiger partial charge in [0.05, 0.1) is 12.4 Å². The summed E-state index contributed by atoms with van der Waals surface area (Å²) in [5.74, 6) is 0. The predicted octanol–water partition coefficient (Wildman–Crippen LogP) is 2.68. The van der Waals surface area contributed by atoms with Crippen molar-refractivity contribution >= 4 is 11.0 Å². The molecule has 0 amide bonds. The maximum Gasteiger partial charge on any atom is 0.134 e. The van der Waals surface area contributed by atoms with Crippen LogP contribution in [-0.4, -0.2) is 17.8 Å². The molecular weight excluding hydrogens is 214 g/mol. The van der Waals surface area contributed by atoms with Crippen LogP contribution in [0.3, 0.4) is 0 Å². The van der Waals surface area contributed by atoms with Gasteiger partial charge < -0.3 is 14.8 Å². The normalized spacial score (nSPS) is 13.1. The zero-order valence-electron chi connectivity index (χ0n) is 10.1. The summed E-state index contributed by atoms with van der Waals surface area (Å²) in [5.41, 5.74) is 2.13. The molecular formula is C14H19NO2. The van der Waals surface area contributed by atoms with Gasteiger partial charge in [-0.3, -0.25) is 0 Å². The van der Waals surface area contributed by atoms with Crippen LogP contribution in [0.1, 0.15) is 25.3 Å². The van der Waals surface area contributed by atoms with Crippen molar-refractivity contribution in [3.63, 3.8) is 0 Å². The van der Waals surface area contributed by atoms with E-state index in [1.165, 1.54) is 10.9 Å². The van der Waals surface area contributed by atoms with Gasteiger partial charge in [-0.15, -0.1) is 0 Å². The Kier molecular flexibility index (Phi) is 4.18. The lowest BCUT2D eigenvalue weighted by Crippen LogP contribution is -2.15. The molecule has 0 aliphatic carbocycles. The zero-order chi connectivity index (χ0) is 12.1. The van der Waals surface area contributed by atoms with Gasteiger partial charge >= 0.3 is 0 Å². The van der Waals surface area contributed by atoms with Crippen molar-refractivity contribution in [2.24, 2.45) is 0 Å². The van der Waals surface area contributed by atoms with E-state index in [9.17, 15) is 0 Å². The van der Waals surface area contributed by atoms with Crippen molar-refractivity contribution in [2.45, 2.75) is 32.4 Å². The van der Waals surface area contributed by atoms with Gasteiger partial charge in [0.25, 0.3) is 0 Å². The third-order valence-electron chi connectivity index (χ3n) is 2.85. The third kappa shape index (κ3) is 3.32. The summed E-state index contributed by atoms with van der Waals surface area (Å²) in [6.45, 7) is 3.56. The van der Waals surface area contributed by atoms with Crippen molar-refractivity contribution in [1.29, 1.82) is 0 Å². The smallest absolute Gasteiger partial charge is 0.134 e. The summed E-state index contributed by atoms with van der Waals surface area (Å²) >= 11 is 0. The Morgan fingerprint density at radius 1 is 1.35 bits per heavy atom. The molecule has 1 unspecified atom stereocenters. The molecule has 1 heterocycles. The van der Waals surface area contributed by atoms with Crippen LogP contribution in [0.2, 0.25) is 0 Å². The molecule has 0 saturated carbocycles. The molecule has 0 fully saturated rings. The standard InChI is InChI=1S/C14H19NO2/c1-11(16)5-4-8-15-9-12-10-17-14-7-3-2-6-13(12)14/h2-3,6-7,10-11,15-16H,4-5,8-9H2,1H3. The molecule has 1 atom stereocenters. The maximum absolute atomic E-state index is 9.13. The first-order chi connectivity index (χ1) is 8.27. The van der Waals surface area contributed by atoms with Gasteiger partial charge in [-0.2, -0.15) is 0 Å². The Morgan fingerprint density at radius 3 is 3.00 bits per heavy atom. The van der Waals surface area contributed by atoms with E-state index in [0.717, 1.165) is 31.5 Å². The van der Waals surface area contributed by atoms with Crippen molar-refractivity contribution in [3.8, 4) is 0 Å². The molecule has 0 spiro atoms. The van der Waals surface area contributed by atoms with Crippen molar-refractivity contribution in [2.75, 3.05) is 6.54 Å². The summed E-state index contributed by atoms with van der Waals surface area (Å²) < 4.78 is 5.46. The maximum atomic E-state index is 9.13. The molecule has 0 aliphatic heterocycles. The largest absolute Gasteiger partial charge is 0.464 e. The highest BCUT2D eigenvalue weighted by Gasteiger charge is 2.03. The van der Waals surface area contributed by atoms with Gasteiger partial charge in [0.1, 0.15) is 5.58 Å². The molecule has 17 heavy (non-hydrogen) atoms. The van der Waals surface area contributed by atoms with Crippen LogP contribution in [0, 0.1) is 0 Å². The van der Waals surface area contributed by atoms with Crippen molar-refractivity contribution in [3.05, 3.63) is 36.1 Å². The molecule has 0 radical (unpaired) electrons. The molecule has 1 aromatic carbocycles. The van der Waals surface area contributed by atoms with Crippen molar-refractivity contribution < 1.29 is 9.52 Å². The second-order valence-corrected chi connectivity index (χ2v) is 4.43. The minimum Gasteiger partial charge on any atom is -0.464 e. The number of hydrogen-bond donors (Lipinski definition) is 2. The van der Waals surface area contributed by atoms with Gasteiger partial charge in [-0.25, -0.2) is 0 Å². The van der Waals surface area contributed by atoms with E-state index in [4.69, 9.17) is 9.52 Å². The van der Waals surface area contributed by atoms with E-state index >= 15 is 0 Å². The summed E-state index contributed by atoms with van der Waals surface area (Å²) in [7, 11) is 0. The average Bonchev–Trinajstić information content (AvgIpc) is 2.72. The first-order valence-electron chi connectivity index (χ1n) is 6.11. The SMILES string of the molecule is CC(O)CCCNCc1coc2ccccc12. The van der Waals surface area contributed by atoms with Gasteiger partial charge in [0, 0.05) is 17.5 Å². The lowest BCUT2D eigenvalue weighted by atomic mass is 10.1. The first-order valence-corrected chi connectivity index (χ1v) is 6.11. The second-order valence-electron chi connectivity index (χ2n) is 4.43. The fourth-order valence-electron chi connectivity index (χ4n) is 1.92. The van der Waals surface area contributed by atoms with Crippen LogP contribution in [0.15, 0.2) is 34.9 Å². The minimum absolute atomic E-state index is 0.202. The van der Waals surface area contributed by atoms with E-state index in [2.05, 4.69) is 11.4 Å². The van der Waals surface area contributed by atoms with E-state index < -0.39 is 0 Å². The van der Waals surface area contributed by atoms with Crippen LogP contribution in [0.25, 0.3) is 11.0 Å². The fourth-order valence-corrected chi connectivity index (χ4v) is 1.92. The van der Waals surface area contributed by atoms with Gasteiger partial charge in [0.2, 0.25) is 0 Å². The lowest BCUT2D eigenvalue weighted by Gasteiger charge is -2.05. The molecule has 0 bridgehead atoms. The summed E-state index contributed by atoms with van der Waals surface area (Å²) in [6.07, 6.45) is 3.45. The number of hydrogen-bond acceptors (Lipinski definition) is 3. The van der Waals surface area contributed by atoms with Crippen LogP contribution in [0.4, 0.5) is 0 Å². The van der Waals surface area contributed by atoms with Gasteiger partial charge in [-0.05, 0) is 32.4 Å². The number of nitrogens with one attached hydrogen (secondary N) is 1. The number of rotatable bonds is 6. The highest BCUT2D eigenvalue weighted by molar-refractivity contribution is 5.80. The van der Waals surface area contributed by atoms with E-state index in [0.29, 0.717) is 0 Å². The molecule has 3 heteroatoms. The molecule has 2 aromatic rings. The Morgan fingerprint density at radius 2 is 2.18 bits per heavy atom. The molecule has 0 aliphatic rings. The third-order valence-corrected chi connectivity index (χ3v) is 2.85. The fraction of sp³-hybridized carbons (Fsp3) is 0.429. The number of aliphatic hydroxyl groups excluding tert-OH is 1. The quantitative estimate of drug-likeness (QED) is 0.754. The topological polar surface area (TPSA) is 45.4 Å². The highest BCUT2D eigenvalue weighted by Crippen LogP contribution is 2.20. The molecule has 92 valence electrons. The van der Waals surface area contributed by atoms with Gasteiger partial charge in [-0.1, -0.05) is 18.2 Å². The van der Waals surface area contributed by atoms with Gasteiger partial charge in [0.15, 0.2) is 0 Å². The Balaban J connectivity index is 1.83. The molecule has 1 aromatic heterocycles. The Hall–Kier alpha value is -1.32. The summed E-state index contributed by atoms with van der Waals surface area (Å²) in [5, 5.41) is 13.7.